The molecule has 0 aromatic carbocycles. The van der Waals surface area contributed by atoms with E-state index in [0.717, 1.165) is 17.0 Å². The third-order valence-electron chi connectivity index (χ3n) is 1.03. The molecule has 0 amide bonds. The molecule has 0 aromatic rings. The highest BCUT2D eigenvalue weighted by Crippen LogP contribution is 2.24. The maximum atomic E-state index is 5.68. The van der Waals surface area contributed by atoms with Crippen molar-refractivity contribution in [1.82, 2.24) is 0 Å². The van der Waals surface area contributed by atoms with Crippen molar-refractivity contribution in [3.8, 4) is 0 Å². The molecule has 0 aromatic heterocycles. The van der Waals surface area contributed by atoms with Crippen LogP contribution in [0.2, 0.25) is 0 Å². The lowest BCUT2D eigenvalue weighted by atomic mass is 10.1. The average Bonchev–Trinajstić information content (AvgIpc) is 1.59. The van der Waals surface area contributed by atoms with Crippen LogP contribution in [-0.2, 0) is 0 Å². The van der Waals surface area contributed by atoms with E-state index in [0.29, 0.717) is 5.03 Å². The molecule has 1 aliphatic carbocycles. The fourth-order valence-corrected chi connectivity index (χ4v) is 1.34. The highest BCUT2D eigenvalue weighted by molar-refractivity contribution is 6.35. The third-order valence-corrected chi connectivity index (χ3v) is 1.49. The lowest BCUT2D eigenvalue weighted by Gasteiger charge is -2.04. The molecule has 0 saturated heterocycles. The predicted octanol–water partition coefficient (Wildman–Crippen LogP) is 3.19. The minimum absolute atomic E-state index is 0.663. The van der Waals surface area contributed by atoms with E-state index < -0.39 is 0 Å². The Kier molecular flexibility index (Phi) is 1.99. The van der Waals surface area contributed by atoms with Crippen LogP contribution in [0.3, 0.4) is 0 Å². The first-order valence-corrected chi connectivity index (χ1v) is 3.35. The second kappa shape index (κ2) is 2.59. The van der Waals surface area contributed by atoms with Crippen molar-refractivity contribution in [2.75, 3.05) is 0 Å². The van der Waals surface area contributed by atoms with E-state index in [1.165, 1.54) is 0 Å². The summed E-state index contributed by atoms with van der Waals surface area (Å²) >= 11 is 11.3. The number of hydrogen-bond acceptors (Lipinski definition) is 0. The van der Waals surface area contributed by atoms with E-state index in [1.807, 2.05) is 6.08 Å². The van der Waals surface area contributed by atoms with Gasteiger partial charge >= 0.3 is 0 Å². The fraction of sp³-hybridized carbons (Fsp3) is 0.143. The molecular weight excluding hydrogens is 155 g/mol. The summed E-state index contributed by atoms with van der Waals surface area (Å²) in [5.74, 6) is 0. The molecular formula is C7H6Cl2. The van der Waals surface area contributed by atoms with Crippen LogP contribution in [0.5, 0.6) is 0 Å². The van der Waals surface area contributed by atoms with Crippen LogP contribution in [-0.4, -0.2) is 0 Å². The lowest BCUT2D eigenvalue weighted by molar-refractivity contribution is 1.24. The van der Waals surface area contributed by atoms with E-state index in [9.17, 15) is 0 Å². The summed E-state index contributed by atoms with van der Waals surface area (Å²) in [6, 6.07) is 0. The summed E-state index contributed by atoms with van der Waals surface area (Å²) in [7, 11) is 0. The smallest absolute Gasteiger partial charge is 0.0420 e. The molecule has 1 aliphatic rings. The summed E-state index contributed by atoms with van der Waals surface area (Å²) in [5.41, 5.74) is 0.965. The van der Waals surface area contributed by atoms with Gasteiger partial charge in [0.1, 0.15) is 0 Å². The molecule has 0 bridgehead atoms. The largest absolute Gasteiger partial charge is 0.0954 e. The summed E-state index contributed by atoms with van der Waals surface area (Å²) < 4.78 is 0. The van der Waals surface area contributed by atoms with E-state index >= 15 is 0 Å². The maximum absolute atomic E-state index is 5.68. The quantitative estimate of drug-likeness (QED) is 0.511. The molecule has 0 aliphatic heterocycles. The van der Waals surface area contributed by atoms with E-state index in [2.05, 4.69) is 6.58 Å². The molecule has 0 fully saturated rings. The van der Waals surface area contributed by atoms with Crippen molar-refractivity contribution in [3.05, 3.63) is 34.4 Å². The molecule has 0 saturated carbocycles. The van der Waals surface area contributed by atoms with Crippen molar-refractivity contribution in [1.29, 1.82) is 0 Å². The van der Waals surface area contributed by atoms with E-state index in [1.54, 1.807) is 6.08 Å². The normalized spacial score (nSPS) is 19.1. The zero-order valence-corrected chi connectivity index (χ0v) is 6.34. The van der Waals surface area contributed by atoms with Crippen LogP contribution in [0.1, 0.15) is 6.42 Å². The third kappa shape index (κ3) is 1.88. The lowest BCUT2D eigenvalue weighted by Crippen LogP contribution is -1.84. The van der Waals surface area contributed by atoms with Gasteiger partial charge in [-0.1, -0.05) is 29.8 Å². The summed E-state index contributed by atoms with van der Waals surface area (Å²) in [6.45, 7) is 3.73. The van der Waals surface area contributed by atoms with Crippen LogP contribution in [0, 0.1) is 0 Å². The first kappa shape index (κ1) is 6.91. The summed E-state index contributed by atoms with van der Waals surface area (Å²) in [5, 5.41) is 1.42. The second-order valence-electron chi connectivity index (χ2n) is 1.96. The number of halogens is 2. The van der Waals surface area contributed by atoms with Crippen molar-refractivity contribution in [2.45, 2.75) is 6.42 Å². The minimum atomic E-state index is 0.663. The van der Waals surface area contributed by atoms with Gasteiger partial charge in [-0.2, -0.15) is 0 Å². The molecule has 0 atom stereocenters. The van der Waals surface area contributed by atoms with Crippen molar-refractivity contribution < 1.29 is 0 Å². The van der Waals surface area contributed by atoms with Gasteiger partial charge in [0.05, 0.1) is 0 Å². The van der Waals surface area contributed by atoms with Crippen molar-refractivity contribution >= 4 is 23.2 Å². The molecule has 2 heteroatoms. The summed E-state index contributed by atoms with van der Waals surface area (Å²) in [4.78, 5) is 0. The molecule has 1 rings (SSSR count). The number of rotatable bonds is 0. The monoisotopic (exact) mass is 160 g/mol. The molecule has 0 nitrogen and oxygen atoms in total. The average molecular weight is 161 g/mol. The Bertz CT molecular complexity index is 199. The fourth-order valence-electron chi connectivity index (χ4n) is 0.705. The molecule has 0 spiro atoms. The highest BCUT2D eigenvalue weighted by atomic mass is 35.5. The molecule has 0 radical (unpaired) electrons. The van der Waals surface area contributed by atoms with Crippen LogP contribution in [0.15, 0.2) is 34.4 Å². The van der Waals surface area contributed by atoms with Crippen LogP contribution in [0.25, 0.3) is 0 Å². The van der Waals surface area contributed by atoms with Crippen LogP contribution in [0.4, 0.5) is 0 Å². The molecule has 48 valence electrons. The Balaban J connectivity index is 2.86. The molecule has 0 heterocycles. The van der Waals surface area contributed by atoms with Crippen molar-refractivity contribution in [3.63, 3.8) is 0 Å². The standard InChI is InChI=1S/C7H6Cl2/c1-5-2-6(8)4-7(9)3-5/h2,4H,1,3H2. The molecule has 0 N–H and O–H groups in total. The zero-order valence-electron chi connectivity index (χ0n) is 4.82. The van der Waals surface area contributed by atoms with Gasteiger partial charge < -0.3 is 0 Å². The Morgan fingerprint density at radius 1 is 1.33 bits per heavy atom. The van der Waals surface area contributed by atoms with Crippen molar-refractivity contribution in [2.24, 2.45) is 0 Å². The minimum Gasteiger partial charge on any atom is -0.0954 e. The molecule has 0 unspecified atom stereocenters. The van der Waals surface area contributed by atoms with Gasteiger partial charge in [0.15, 0.2) is 0 Å². The Labute approximate surface area is 64.5 Å². The Hall–Kier alpha value is -0.200. The predicted molar refractivity (Wildman–Crippen MR) is 41.6 cm³/mol. The van der Waals surface area contributed by atoms with Gasteiger partial charge in [0, 0.05) is 16.5 Å². The SMILES string of the molecule is C=C1C=C(Cl)C=C(Cl)C1. The topological polar surface area (TPSA) is 0 Å². The summed E-state index contributed by atoms with van der Waals surface area (Å²) in [6.07, 6.45) is 4.28. The first-order chi connectivity index (χ1) is 4.18. The highest BCUT2D eigenvalue weighted by Gasteiger charge is 2.02. The Morgan fingerprint density at radius 2 is 2.00 bits per heavy atom. The van der Waals surface area contributed by atoms with Crippen LogP contribution >= 0.6 is 23.2 Å². The van der Waals surface area contributed by atoms with Gasteiger partial charge in [-0.25, -0.2) is 0 Å². The first-order valence-electron chi connectivity index (χ1n) is 2.59. The molecule has 9 heavy (non-hydrogen) atoms. The van der Waals surface area contributed by atoms with E-state index in [-0.39, 0.29) is 0 Å². The van der Waals surface area contributed by atoms with E-state index in [4.69, 9.17) is 23.2 Å². The van der Waals surface area contributed by atoms with Gasteiger partial charge in [-0.15, -0.1) is 0 Å². The van der Waals surface area contributed by atoms with Gasteiger partial charge in [0.25, 0.3) is 0 Å². The number of allylic oxidation sites excluding steroid dienone is 5. The number of hydrogen-bond donors (Lipinski definition) is 0. The zero-order chi connectivity index (χ0) is 6.85. The van der Waals surface area contributed by atoms with Gasteiger partial charge in [-0.3, -0.25) is 0 Å². The second-order valence-corrected chi connectivity index (χ2v) is 2.88. The van der Waals surface area contributed by atoms with Crippen LogP contribution < -0.4 is 0 Å². The maximum Gasteiger partial charge on any atom is 0.0420 e. The van der Waals surface area contributed by atoms with Gasteiger partial charge in [-0.05, 0) is 17.7 Å². The Morgan fingerprint density at radius 3 is 2.44 bits per heavy atom. The van der Waals surface area contributed by atoms with Gasteiger partial charge in [0.2, 0.25) is 0 Å².